The van der Waals surface area contributed by atoms with Crippen molar-refractivity contribution in [1.29, 1.82) is 0 Å². The predicted octanol–water partition coefficient (Wildman–Crippen LogP) is 2.79. The molecule has 0 saturated heterocycles. The van der Waals surface area contributed by atoms with Gasteiger partial charge >= 0.3 is 0 Å². The average Bonchev–Trinajstić information content (AvgIpc) is 2.53. The summed E-state index contributed by atoms with van der Waals surface area (Å²) in [6.45, 7) is 3.54. The molecule has 0 spiro atoms. The van der Waals surface area contributed by atoms with Crippen LogP contribution in [-0.4, -0.2) is 17.6 Å². The molecule has 0 amide bonds. The second kappa shape index (κ2) is 8.02. The second-order valence-corrected chi connectivity index (χ2v) is 4.81. The topological polar surface area (TPSA) is 56.7 Å². The fourth-order valence-corrected chi connectivity index (χ4v) is 1.93. The lowest BCUT2D eigenvalue weighted by atomic mass is 10.2. The molecule has 22 heavy (non-hydrogen) atoms. The van der Waals surface area contributed by atoms with Crippen LogP contribution in [-0.2, 0) is 13.1 Å². The summed E-state index contributed by atoms with van der Waals surface area (Å²) in [7, 11) is 0. The van der Waals surface area contributed by atoms with E-state index in [0.29, 0.717) is 24.6 Å². The molecule has 0 atom stereocenters. The van der Waals surface area contributed by atoms with Crippen molar-refractivity contribution < 1.29 is 9.50 Å². The fourth-order valence-electron chi connectivity index (χ4n) is 1.93. The molecule has 0 heterocycles. The van der Waals surface area contributed by atoms with Crippen molar-refractivity contribution in [3.05, 3.63) is 65.5 Å². The van der Waals surface area contributed by atoms with Gasteiger partial charge in [0.15, 0.2) is 5.96 Å². The highest BCUT2D eigenvalue weighted by Gasteiger charge is 2.02. The Bertz CT molecular complexity index is 626. The third kappa shape index (κ3) is 4.77. The third-order valence-corrected chi connectivity index (χ3v) is 3.10. The molecule has 0 aromatic heterocycles. The van der Waals surface area contributed by atoms with Crippen molar-refractivity contribution in [1.82, 2.24) is 10.6 Å². The van der Waals surface area contributed by atoms with Gasteiger partial charge in [-0.25, -0.2) is 9.38 Å². The zero-order valence-corrected chi connectivity index (χ0v) is 12.5. The minimum Gasteiger partial charge on any atom is -0.508 e. The van der Waals surface area contributed by atoms with Crippen LogP contribution in [0, 0.1) is 5.82 Å². The van der Waals surface area contributed by atoms with E-state index in [-0.39, 0.29) is 11.6 Å². The first-order valence-corrected chi connectivity index (χ1v) is 7.22. The summed E-state index contributed by atoms with van der Waals surface area (Å²) in [5, 5.41) is 15.5. The molecule has 0 bridgehead atoms. The lowest BCUT2D eigenvalue weighted by Gasteiger charge is -2.11. The molecule has 0 fully saturated rings. The minimum atomic E-state index is -0.232. The third-order valence-electron chi connectivity index (χ3n) is 3.10. The van der Waals surface area contributed by atoms with Gasteiger partial charge in [0, 0.05) is 18.7 Å². The van der Waals surface area contributed by atoms with Crippen molar-refractivity contribution in [2.75, 3.05) is 6.54 Å². The van der Waals surface area contributed by atoms with Crippen LogP contribution in [0.25, 0.3) is 0 Å². The predicted molar refractivity (Wildman–Crippen MR) is 86.2 cm³/mol. The highest BCUT2D eigenvalue weighted by Crippen LogP contribution is 2.10. The van der Waals surface area contributed by atoms with E-state index in [1.54, 1.807) is 30.3 Å². The quantitative estimate of drug-likeness (QED) is 0.588. The number of nitrogens with zero attached hydrogens (tertiary/aromatic N) is 1. The van der Waals surface area contributed by atoms with Gasteiger partial charge in [-0.15, -0.1) is 0 Å². The van der Waals surface area contributed by atoms with Crippen LogP contribution in [0.5, 0.6) is 5.75 Å². The van der Waals surface area contributed by atoms with E-state index in [1.807, 2.05) is 19.1 Å². The number of hydrogen-bond acceptors (Lipinski definition) is 2. The number of phenolic OH excluding ortho intramolecular Hbond substituents is 1. The van der Waals surface area contributed by atoms with Crippen LogP contribution >= 0.6 is 0 Å². The van der Waals surface area contributed by atoms with Gasteiger partial charge in [0.25, 0.3) is 0 Å². The van der Waals surface area contributed by atoms with Crippen LogP contribution in [0.2, 0.25) is 0 Å². The van der Waals surface area contributed by atoms with E-state index in [4.69, 9.17) is 0 Å². The lowest BCUT2D eigenvalue weighted by Crippen LogP contribution is -2.37. The molecule has 3 N–H and O–H groups in total. The summed E-state index contributed by atoms with van der Waals surface area (Å²) in [5.41, 5.74) is 1.58. The standard InChI is InChI=1S/C17H20FN3O/c1-2-19-17(20-11-13-7-9-15(22)10-8-13)21-12-14-5-3-4-6-16(14)18/h3-10,22H,2,11-12H2,1H3,(H2,19,20,21). The maximum Gasteiger partial charge on any atom is 0.191 e. The van der Waals surface area contributed by atoms with E-state index in [9.17, 15) is 9.50 Å². The zero-order chi connectivity index (χ0) is 15.8. The molecule has 0 radical (unpaired) electrons. The lowest BCUT2D eigenvalue weighted by molar-refractivity contribution is 0.475. The molecule has 4 nitrogen and oxygen atoms in total. The first-order chi connectivity index (χ1) is 10.7. The summed E-state index contributed by atoms with van der Waals surface area (Å²) in [4.78, 5) is 4.45. The highest BCUT2D eigenvalue weighted by molar-refractivity contribution is 5.79. The van der Waals surface area contributed by atoms with E-state index in [2.05, 4.69) is 15.6 Å². The number of hydrogen-bond donors (Lipinski definition) is 3. The molecule has 2 aromatic carbocycles. The van der Waals surface area contributed by atoms with Gasteiger partial charge in [-0.1, -0.05) is 30.3 Å². The Labute approximate surface area is 129 Å². The summed E-state index contributed by atoms with van der Waals surface area (Å²) < 4.78 is 13.6. The van der Waals surface area contributed by atoms with Crippen molar-refractivity contribution in [2.45, 2.75) is 20.0 Å². The largest absolute Gasteiger partial charge is 0.508 e. The Morgan fingerprint density at radius 2 is 1.82 bits per heavy atom. The first kappa shape index (κ1) is 15.8. The Balaban J connectivity index is 1.98. The Morgan fingerprint density at radius 3 is 2.50 bits per heavy atom. The molecular weight excluding hydrogens is 281 g/mol. The van der Waals surface area contributed by atoms with Crippen molar-refractivity contribution in [3.63, 3.8) is 0 Å². The summed E-state index contributed by atoms with van der Waals surface area (Å²) in [6.07, 6.45) is 0. The molecule has 0 aliphatic rings. The van der Waals surface area contributed by atoms with Gasteiger partial charge in [-0.2, -0.15) is 0 Å². The van der Waals surface area contributed by atoms with Gasteiger partial charge in [0.1, 0.15) is 11.6 Å². The van der Waals surface area contributed by atoms with Crippen LogP contribution in [0.4, 0.5) is 4.39 Å². The number of aromatic hydroxyl groups is 1. The smallest absolute Gasteiger partial charge is 0.191 e. The van der Waals surface area contributed by atoms with Crippen molar-refractivity contribution >= 4 is 5.96 Å². The van der Waals surface area contributed by atoms with Gasteiger partial charge in [0.05, 0.1) is 6.54 Å². The normalized spacial score (nSPS) is 11.3. The Morgan fingerprint density at radius 1 is 1.09 bits per heavy atom. The van der Waals surface area contributed by atoms with E-state index in [1.165, 1.54) is 6.07 Å². The van der Waals surface area contributed by atoms with E-state index < -0.39 is 0 Å². The number of guanidine groups is 1. The molecule has 2 rings (SSSR count). The van der Waals surface area contributed by atoms with Crippen LogP contribution in [0.15, 0.2) is 53.5 Å². The summed E-state index contributed by atoms with van der Waals surface area (Å²) in [6, 6.07) is 13.6. The number of phenols is 1. The molecule has 5 heteroatoms. The number of rotatable bonds is 5. The second-order valence-electron chi connectivity index (χ2n) is 4.81. The molecule has 0 saturated carbocycles. The minimum absolute atomic E-state index is 0.232. The number of nitrogens with one attached hydrogen (secondary N) is 2. The number of benzene rings is 2. The van der Waals surface area contributed by atoms with Crippen LogP contribution in [0.1, 0.15) is 18.1 Å². The zero-order valence-electron chi connectivity index (χ0n) is 12.5. The fraction of sp³-hybridized carbons (Fsp3) is 0.235. The Kier molecular flexibility index (Phi) is 5.77. The SMILES string of the molecule is CCNC(=NCc1ccc(O)cc1)NCc1ccccc1F. The highest BCUT2D eigenvalue weighted by atomic mass is 19.1. The summed E-state index contributed by atoms with van der Waals surface area (Å²) >= 11 is 0. The van der Waals surface area contributed by atoms with Gasteiger partial charge < -0.3 is 15.7 Å². The average molecular weight is 301 g/mol. The molecule has 116 valence electrons. The first-order valence-electron chi connectivity index (χ1n) is 7.22. The Hall–Kier alpha value is -2.56. The number of aliphatic imine (C=N–C) groups is 1. The molecule has 0 aliphatic carbocycles. The van der Waals surface area contributed by atoms with Crippen molar-refractivity contribution in [3.8, 4) is 5.75 Å². The van der Waals surface area contributed by atoms with Gasteiger partial charge in [-0.3, -0.25) is 0 Å². The van der Waals surface area contributed by atoms with E-state index >= 15 is 0 Å². The maximum absolute atomic E-state index is 13.6. The summed E-state index contributed by atoms with van der Waals surface area (Å²) in [5.74, 6) is 0.625. The van der Waals surface area contributed by atoms with Crippen LogP contribution < -0.4 is 10.6 Å². The molecule has 0 unspecified atom stereocenters. The number of halogens is 1. The van der Waals surface area contributed by atoms with Crippen LogP contribution in [0.3, 0.4) is 0 Å². The monoisotopic (exact) mass is 301 g/mol. The van der Waals surface area contributed by atoms with Crippen molar-refractivity contribution in [2.24, 2.45) is 4.99 Å². The molecular formula is C17H20FN3O. The van der Waals surface area contributed by atoms with Gasteiger partial charge in [-0.05, 0) is 30.7 Å². The molecule has 0 aliphatic heterocycles. The van der Waals surface area contributed by atoms with Gasteiger partial charge in [0.2, 0.25) is 0 Å². The maximum atomic E-state index is 13.6. The molecule has 2 aromatic rings. The van der Waals surface area contributed by atoms with E-state index in [0.717, 1.165) is 12.1 Å².